The highest BCUT2D eigenvalue weighted by molar-refractivity contribution is 7.89. The first-order valence-electron chi connectivity index (χ1n) is 9.71. The fourth-order valence-electron chi connectivity index (χ4n) is 3.94. The number of sulfonamides is 1. The lowest BCUT2D eigenvalue weighted by Crippen LogP contribution is -2.52. The summed E-state index contributed by atoms with van der Waals surface area (Å²) in [5.74, 6) is 0.0894. The predicted octanol–water partition coefficient (Wildman–Crippen LogP) is 1.97. The van der Waals surface area contributed by atoms with Gasteiger partial charge in [0, 0.05) is 38.4 Å². The van der Waals surface area contributed by atoms with Gasteiger partial charge in [-0.1, -0.05) is 36.4 Å². The highest BCUT2D eigenvalue weighted by atomic mass is 32.2. The standard InChI is InChI=1S/C21H25N3O3S/c25-21(24-12-6-8-18-7-4-5-11-20(18)24)17-22-13-15-23(16-14-22)28(26,27)19-9-2-1-3-10-19/h1-5,7,9-11H,6,8,12-17H2. The lowest BCUT2D eigenvalue weighted by Gasteiger charge is -2.36. The van der Waals surface area contributed by atoms with Gasteiger partial charge in [-0.3, -0.25) is 9.69 Å². The van der Waals surface area contributed by atoms with Gasteiger partial charge in [0.15, 0.2) is 0 Å². The minimum atomic E-state index is -3.46. The van der Waals surface area contributed by atoms with Crippen LogP contribution in [0, 0.1) is 0 Å². The third-order valence-electron chi connectivity index (χ3n) is 5.48. The van der Waals surface area contributed by atoms with Crippen molar-refractivity contribution < 1.29 is 13.2 Å². The Bertz CT molecular complexity index is 938. The lowest BCUT2D eigenvalue weighted by atomic mass is 10.0. The van der Waals surface area contributed by atoms with Crippen molar-refractivity contribution >= 4 is 21.6 Å². The second kappa shape index (κ2) is 8.03. The van der Waals surface area contributed by atoms with Crippen molar-refractivity contribution in [1.29, 1.82) is 0 Å². The van der Waals surface area contributed by atoms with Crippen LogP contribution in [0.1, 0.15) is 12.0 Å². The van der Waals surface area contributed by atoms with Crippen LogP contribution in [-0.2, 0) is 21.2 Å². The van der Waals surface area contributed by atoms with Gasteiger partial charge in [-0.25, -0.2) is 8.42 Å². The molecule has 2 aliphatic heterocycles. The Kier molecular flexibility index (Phi) is 5.48. The number of amides is 1. The summed E-state index contributed by atoms with van der Waals surface area (Å²) in [7, 11) is -3.46. The Balaban J connectivity index is 1.37. The average molecular weight is 400 g/mol. The molecule has 0 saturated carbocycles. The topological polar surface area (TPSA) is 60.9 Å². The van der Waals surface area contributed by atoms with E-state index in [-0.39, 0.29) is 5.91 Å². The maximum atomic E-state index is 12.9. The van der Waals surface area contributed by atoms with Crippen LogP contribution in [0.5, 0.6) is 0 Å². The summed E-state index contributed by atoms with van der Waals surface area (Å²) in [5.41, 5.74) is 2.24. The van der Waals surface area contributed by atoms with E-state index in [0.29, 0.717) is 37.6 Å². The molecule has 2 aromatic carbocycles. The summed E-state index contributed by atoms with van der Waals surface area (Å²) >= 11 is 0. The van der Waals surface area contributed by atoms with Gasteiger partial charge in [-0.15, -0.1) is 0 Å². The fourth-order valence-corrected chi connectivity index (χ4v) is 5.38. The van der Waals surface area contributed by atoms with Gasteiger partial charge >= 0.3 is 0 Å². The van der Waals surface area contributed by atoms with Crippen LogP contribution >= 0.6 is 0 Å². The number of piperazine rings is 1. The van der Waals surface area contributed by atoms with E-state index < -0.39 is 10.0 Å². The quantitative estimate of drug-likeness (QED) is 0.789. The average Bonchev–Trinajstić information content (AvgIpc) is 2.74. The van der Waals surface area contributed by atoms with Crippen LogP contribution in [-0.4, -0.2) is 62.8 Å². The normalized spacial score (nSPS) is 18.6. The summed E-state index contributed by atoms with van der Waals surface area (Å²) in [6.07, 6.45) is 1.99. The SMILES string of the molecule is O=C(CN1CCN(S(=O)(=O)c2ccccc2)CC1)N1CCCc2ccccc21. The molecular weight excluding hydrogens is 374 g/mol. The maximum Gasteiger partial charge on any atom is 0.243 e. The number of hydrogen-bond acceptors (Lipinski definition) is 4. The van der Waals surface area contributed by atoms with Crippen LogP contribution in [0.15, 0.2) is 59.5 Å². The van der Waals surface area contributed by atoms with Crippen LogP contribution in [0.25, 0.3) is 0 Å². The molecule has 0 atom stereocenters. The number of aryl methyl sites for hydroxylation is 1. The number of hydrogen-bond donors (Lipinski definition) is 0. The van der Waals surface area contributed by atoms with Crippen LogP contribution < -0.4 is 4.90 Å². The number of anilines is 1. The zero-order chi connectivity index (χ0) is 19.6. The Labute approximate surface area is 166 Å². The van der Waals surface area contributed by atoms with Crippen molar-refractivity contribution in [2.45, 2.75) is 17.7 Å². The zero-order valence-corrected chi connectivity index (χ0v) is 16.6. The lowest BCUT2D eigenvalue weighted by molar-refractivity contribution is -0.120. The second-order valence-corrected chi connectivity index (χ2v) is 9.21. The van der Waals surface area contributed by atoms with Crippen molar-refractivity contribution in [1.82, 2.24) is 9.21 Å². The fraction of sp³-hybridized carbons (Fsp3) is 0.381. The molecule has 148 valence electrons. The molecule has 2 aliphatic rings. The number of rotatable bonds is 4. The summed E-state index contributed by atoms with van der Waals surface area (Å²) in [6.45, 7) is 3.01. The molecule has 0 aromatic heterocycles. The minimum absolute atomic E-state index is 0.0894. The van der Waals surface area contributed by atoms with Gasteiger partial charge < -0.3 is 4.90 Å². The number of carbonyl (C=O) groups is 1. The van der Waals surface area contributed by atoms with Gasteiger partial charge in [0.2, 0.25) is 15.9 Å². The molecule has 1 saturated heterocycles. The van der Waals surface area contributed by atoms with Crippen molar-refractivity contribution in [3.05, 3.63) is 60.2 Å². The van der Waals surface area contributed by atoms with E-state index in [9.17, 15) is 13.2 Å². The Morgan fingerprint density at radius 1 is 0.857 bits per heavy atom. The van der Waals surface area contributed by atoms with Crippen LogP contribution in [0.2, 0.25) is 0 Å². The van der Waals surface area contributed by atoms with E-state index in [1.54, 1.807) is 30.3 Å². The number of para-hydroxylation sites is 1. The van der Waals surface area contributed by atoms with Crippen molar-refractivity contribution in [3.63, 3.8) is 0 Å². The van der Waals surface area contributed by atoms with Crippen molar-refractivity contribution in [3.8, 4) is 0 Å². The first-order chi connectivity index (χ1) is 13.6. The van der Waals surface area contributed by atoms with Gasteiger partial charge in [0.05, 0.1) is 11.4 Å². The molecule has 1 amide bonds. The molecular formula is C21H25N3O3S. The zero-order valence-electron chi connectivity index (χ0n) is 15.8. The molecule has 0 spiro atoms. The smallest absolute Gasteiger partial charge is 0.243 e. The Morgan fingerprint density at radius 3 is 2.29 bits per heavy atom. The number of benzene rings is 2. The molecule has 2 aromatic rings. The van der Waals surface area contributed by atoms with Gasteiger partial charge in [-0.05, 0) is 36.6 Å². The molecule has 4 rings (SSSR count). The molecule has 0 bridgehead atoms. The molecule has 7 heteroatoms. The van der Waals surface area contributed by atoms with E-state index in [4.69, 9.17) is 0 Å². The van der Waals surface area contributed by atoms with E-state index in [2.05, 4.69) is 11.0 Å². The minimum Gasteiger partial charge on any atom is -0.311 e. The van der Waals surface area contributed by atoms with Crippen molar-refractivity contribution in [2.24, 2.45) is 0 Å². The van der Waals surface area contributed by atoms with Gasteiger partial charge in [0.1, 0.15) is 0 Å². The van der Waals surface area contributed by atoms with Crippen molar-refractivity contribution in [2.75, 3.05) is 44.2 Å². The molecule has 0 aliphatic carbocycles. The molecule has 1 fully saturated rings. The molecule has 0 radical (unpaired) electrons. The highest BCUT2D eigenvalue weighted by Crippen LogP contribution is 2.27. The van der Waals surface area contributed by atoms with E-state index in [1.165, 1.54) is 9.87 Å². The first-order valence-corrected chi connectivity index (χ1v) is 11.2. The van der Waals surface area contributed by atoms with E-state index in [0.717, 1.165) is 25.1 Å². The number of carbonyl (C=O) groups excluding carboxylic acids is 1. The first kappa shape index (κ1) is 19.1. The second-order valence-electron chi connectivity index (χ2n) is 7.27. The summed E-state index contributed by atoms with van der Waals surface area (Å²) in [5, 5.41) is 0. The van der Waals surface area contributed by atoms with Gasteiger partial charge in [-0.2, -0.15) is 4.31 Å². The number of fused-ring (bicyclic) bond motifs is 1. The Morgan fingerprint density at radius 2 is 1.54 bits per heavy atom. The monoisotopic (exact) mass is 399 g/mol. The van der Waals surface area contributed by atoms with Crippen LogP contribution in [0.4, 0.5) is 5.69 Å². The van der Waals surface area contributed by atoms with E-state index in [1.807, 2.05) is 23.1 Å². The summed E-state index contributed by atoms with van der Waals surface area (Å²) < 4.78 is 27.0. The predicted molar refractivity (Wildman–Crippen MR) is 109 cm³/mol. The van der Waals surface area contributed by atoms with Gasteiger partial charge in [0.25, 0.3) is 0 Å². The van der Waals surface area contributed by atoms with E-state index >= 15 is 0 Å². The molecule has 0 unspecified atom stereocenters. The third-order valence-corrected chi connectivity index (χ3v) is 7.40. The molecule has 28 heavy (non-hydrogen) atoms. The maximum absolute atomic E-state index is 12.9. The molecule has 6 nitrogen and oxygen atoms in total. The van der Waals surface area contributed by atoms with Crippen LogP contribution in [0.3, 0.4) is 0 Å². The molecule has 2 heterocycles. The largest absolute Gasteiger partial charge is 0.311 e. The molecule has 0 N–H and O–H groups in total. The summed E-state index contributed by atoms with van der Waals surface area (Å²) in [6, 6.07) is 16.6. The number of nitrogens with zero attached hydrogens (tertiary/aromatic N) is 3. The third kappa shape index (κ3) is 3.83. The Hall–Kier alpha value is -2.22. The highest BCUT2D eigenvalue weighted by Gasteiger charge is 2.30. The summed E-state index contributed by atoms with van der Waals surface area (Å²) in [4.78, 5) is 17.1.